The molecule has 44 valence electrons. The van der Waals surface area contributed by atoms with Crippen LogP contribution in [0.4, 0.5) is 0 Å². The normalized spacial score (nSPS) is 8.25. The van der Waals surface area contributed by atoms with Gasteiger partial charge in [0.25, 0.3) is 0 Å². The molecule has 0 saturated heterocycles. The Balaban J connectivity index is 3.53. The summed E-state index contributed by atoms with van der Waals surface area (Å²) in [4.78, 5) is 0.604. The van der Waals surface area contributed by atoms with Crippen LogP contribution in [0, 0.1) is 17.4 Å². The standard InChI is InChI=1S/C5H8N2S/c1-4(2)5(8)7-3-6/h4H,1-2H3,(H,7,8). The van der Waals surface area contributed by atoms with Crippen molar-refractivity contribution in [1.82, 2.24) is 5.32 Å². The summed E-state index contributed by atoms with van der Waals surface area (Å²) >= 11 is 4.74. The summed E-state index contributed by atoms with van der Waals surface area (Å²) in [7, 11) is 0. The highest BCUT2D eigenvalue weighted by Crippen LogP contribution is 1.91. The molecule has 2 nitrogen and oxygen atoms in total. The average Bonchev–Trinajstić information content (AvgIpc) is 1.67. The van der Waals surface area contributed by atoms with Crippen molar-refractivity contribution in [3.63, 3.8) is 0 Å². The zero-order chi connectivity index (χ0) is 6.57. The van der Waals surface area contributed by atoms with Crippen molar-refractivity contribution in [3.8, 4) is 6.19 Å². The molecule has 0 saturated carbocycles. The maximum Gasteiger partial charge on any atom is 0.181 e. The third-order valence-corrected chi connectivity index (χ3v) is 1.28. The summed E-state index contributed by atoms with van der Waals surface area (Å²) in [5.41, 5.74) is 0. The Hall–Kier alpha value is -0.620. The molecule has 0 unspecified atom stereocenters. The van der Waals surface area contributed by atoms with Crippen LogP contribution in [-0.2, 0) is 0 Å². The van der Waals surface area contributed by atoms with Gasteiger partial charge in [-0.2, -0.15) is 5.26 Å². The summed E-state index contributed by atoms with van der Waals surface area (Å²) in [6.45, 7) is 3.87. The molecule has 0 aliphatic rings. The Kier molecular flexibility index (Phi) is 3.13. The first-order chi connectivity index (χ1) is 3.68. The van der Waals surface area contributed by atoms with Gasteiger partial charge in [-0.1, -0.05) is 26.1 Å². The summed E-state index contributed by atoms with van der Waals surface area (Å²) in [6, 6.07) is 0. The molecule has 0 heterocycles. The van der Waals surface area contributed by atoms with Crippen LogP contribution in [0.5, 0.6) is 0 Å². The van der Waals surface area contributed by atoms with E-state index < -0.39 is 0 Å². The highest BCUT2D eigenvalue weighted by Gasteiger charge is 1.97. The van der Waals surface area contributed by atoms with Gasteiger partial charge in [-0.25, -0.2) is 0 Å². The molecule has 0 atom stereocenters. The molecule has 0 rings (SSSR count). The monoisotopic (exact) mass is 128 g/mol. The molecule has 0 aromatic carbocycles. The van der Waals surface area contributed by atoms with Gasteiger partial charge in [-0.3, -0.25) is 5.32 Å². The van der Waals surface area contributed by atoms with Gasteiger partial charge in [0.1, 0.15) is 0 Å². The van der Waals surface area contributed by atoms with E-state index in [1.165, 1.54) is 0 Å². The molecule has 3 heteroatoms. The molecular formula is C5H8N2S. The van der Waals surface area contributed by atoms with Gasteiger partial charge in [0.05, 0.1) is 4.99 Å². The van der Waals surface area contributed by atoms with E-state index in [1.54, 1.807) is 6.19 Å². The maximum atomic E-state index is 8.04. The fourth-order valence-electron chi connectivity index (χ4n) is 0.199. The highest BCUT2D eigenvalue weighted by molar-refractivity contribution is 7.80. The van der Waals surface area contributed by atoms with Crippen LogP contribution < -0.4 is 5.32 Å². The fraction of sp³-hybridized carbons (Fsp3) is 0.600. The lowest BCUT2D eigenvalue weighted by Gasteiger charge is -2.00. The van der Waals surface area contributed by atoms with Crippen LogP contribution in [0.2, 0.25) is 0 Å². The molecular weight excluding hydrogens is 120 g/mol. The minimum absolute atomic E-state index is 0.268. The molecule has 0 aromatic rings. The van der Waals surface area contributed by atoms with Crippen LogP contribution in [0.15, 0.2) is 0 Å². The maximum absolute atomic E-state index is 8.04. The molecule has 8 heavy (non-hydrogen) atoms. The van der Waals surface area contributed by atoms with Crippen molar-refractivity contribution in [2.45, 2.75) is 13.8 Å². The number of nitriles is 1. The molecule has 0 spiro atoms. The summed E-state index contributed by atoms with van der Waals surface area (Å²) in [5.74, 6) is 0.268. The van der Waals surface area contributed by atoms with Crippen LogP contribution >= 0.6 is 12.2 Å². The number of nitrogens with zero attached hydrogens (tertiary/aromatic N) is 1. The van der Waals surface area contributed by atoms with E-state index in [-0.39, 0.29) is 5.92 Å². The van der Waals surface area contributed by atoms with Crippen molar-refractivity contribution in [3.05, 3.63) is 0 Å². The molecule has 0 amide bonds. The second-order valence-corrected chi connectivity index (χ2v) is 2.20. The van der Waals surface area contributed by atoms with Crippen LogP contribution in [-0.4, -0.2) is 4.99 Å². The highest BCUT2D eigenvalue weighted by atomic mass is 32.1. The van der Waals surface area contributed by atoms with Gasteiger partial charge in [-0.05, 0) is 0 Å². The molecule has 0 bridgehead atoms. The molecule has 1 N–H and O–H groups in total. The Labute approximate surface area is 54.5 Å². The predicted molar refractivity (Wildman–Crippen MR) is 36.2 cm³/mol. The third-order valence-electron chi connectivity index (χ3n) is 0.703. The van der Waals surface area contributed by atoms with Gasteiger partial charge >= 0.3 is 0 Å². The largest absolute Gasteiger partial charge is 0.286 e. The fourth-order valence-corrected chi connectivity index (χ4v) is 0.245. The third kappa shape index (κ3) is 2.54. The second kappa shape index (κ2) is 3.39. The zero-order valence-electron chi connectivity index (χ0n) is 4.93. The lowest BCUT2D eigenvalue weighted by atomic mass is 10.2. The van der Waals surface area contributed by atoms with E-state index in [1.807, 2.05) is 13.8 Å². The Morgan fingerprint density at radius 1 is 1.75 bits per heavy atom. The quantitative estimate of drug-likeness (QED) is 0.325. The summed E-state index contributed by atoms with van der Waals surface area (Å²) in [6.07, 6.45) is 1.76. The number of hydrogen-bond acceptors (Lipinski definition) is 2. The Morgan fingerprint density at radius 3 is 2.38 bits per heavy atom. The number of thiocarbonyl (C=S) groups is 1. The topological polar surface area (TPSA) is 35.8 Å². The Bertz CT molecular complexity index is 123. The number of rotatable bonds is 1. The van der Waals surface area contributed by atoms with Crippen molar-refractivity contribution in [1.29, 1.82) is 5.26 Å². The van der Waals surface area contributed by atoms with Gasteiger partial charge in [0.2, 0.25) is 0 Å². The molecule has 0 radical (unpaired) electrons. The zero-order valence-corrected chi connectivity index (χ0v) is 5.75. The minimum atomic E-state index is 0.268. The van der Waals surface area contributed by atoms with Gasteiger partial charge in [0, 0.05) is 5.92 Å². The first-order valence-electron chi connectivity index (χ1n) is 2.37. The first-order valence-corrected chi connectivity index (χ1v) is 2.78. The van der Waals surface area contributed by atoms with Crippen molar-refractivity contribution in [2.24, 2.45) is 5.92 Å². The van der Waals surface area contributed by atoms with Crippen LogP contribution in [0.25, 0.3) is 0 Å². The van der Waals surface area contributed by atoms with Gasteiger partial charge in [0.15, 0.2) is 6.19 Å². The van der Waals surface area contributed by atoms with Crippen molar-refractivity contribution >= 4 is 17.2 Å². The lowest BCUT2D eigenvalue weighted by Crippen LogP contribution is -2.20. The van der Waals surface area contributed by atoms with E-state index in [4.69, 9.17) is 17.5 Å². The van der Waals surface area contributed by atoms with Gasteiger partial charge in [-0.15, -0.1) is 0 Å². The molecule has 0 aromatic heterocycles. The SMILES string of the molecule is CC(C)C(=S)NC#N. The molecule has 0 fully saturated rings. The van der Waals surface area contributed by atoms with Crippen molar-refractivity contribution in [2.75, 3.05) is 0 Å². The summed E-state index contributed by atoms with van der Waals surface area (Å²) < 4.78 is 0. The van der Waals surface area contributed by atoms with Crippen molar-refractivity contribution < 1.29 is 0 Å². The van der Waals surface area contributed by atoms with Crippen LogP contribution in [0.3, 0.4) is 0 Å². The van der Waals surface area contributed by atoms with Crippen LogP contribution in [0.1, 0.15) is 13.8 Å². The number of hydrogen-bond donors (Lipinski definition) is 1. The Morgan fingerprint density at radius 2 is 2.25 bits per heavy atom. The van der Waals surface area contributed by atoms with E-state index in [0.717, 1.165) is 0 Å². The molecule has 0 aliphatic carbocycles. The van der Waals surface area contributed by atoms with Gasteiger partial charge < -0.3 is 0 Å². The predicted octanol–water partition coefficient (Wildman–Crippen LogP) is 1.04. The van der Waals surface area contributed by atoms with E-state index in [0.29, 0.717) is 4.99 Å². The summed E-state index contributed by atoms with van der Waals surface area (Å²) in [5, 5.41) is 10.4. The smallest absolute Gasteiger partial charge is 0.181 e. The van der Waals surface area contributed by atoms with E-state index in [2.05, 4.69) is 5.32 Å². The second-order valence-electron chi connectivity index (χ2n) is 1.76. The lowest BCUT2D eigenvalue weighted by molar-refractivity contribution is 0.872. The first kappa shape index (κ1) is 7.38. The molecule has 0 aliphatic heterocycles. The van der Waals surface area contributed by atoms with E-state index >= 15 is 0 Å². The van der Waals surface area contributed by atoms with E-state index in [9.17, 15) is 0 Å². The average molecular weight is 128 g/mol. The number of nitrogens with one attached hydrogen (secondary N) is 1. The minimum Gasteiger partial charge on any atom is -0.286 e.